The number of hydrogen-bond donors (Lipinski definition) is 1. The van der Waals surface area contributed by atoms with Gasteiger partial charge in [-0.15, -0.1) is 0 Å². The normalized spacial score (nSPS) is 10.5. The fraction of sp³-hybridized carbons (Fsp3) is 0.143. The maximum atomic E-state index is 13.1. The number of carbonyl (C=O) groups is 1. The average molecular weight is 263 g/mol. The Hall–Kier alpha value is -2.30. The van der Waals surface area contributed by atoms with Gasteiger partial charge in [0.15, 0.2) is 0 Å². The van der Waals surface area contributed by atoms with E-state index in [0.29, 0.717) is 16.8 Å². The van der Waals surface area contributed by atoms with Crippen molar-refractivity contribution in [2.45, 2.75) is 13.3 Å². The molecule has 3 nitrogen and oxygen atoms in total. The Morgan fingerprint density at radius 2 is 1.84 bits per heavy atom. The van der Waals surface area contributed by atoms with Crippen LogP contribution in [0, 0.1) is 18.6 Å². The summed E-state index contributed by atoms with van der Waals surface area (Å²) in [5.41, 5.74) is 1.54. The SMILES string of the molecule is Cc1cc(Cc2cc(F)cc(F)c2)c(C(=O)O)cn1. The predicted molar refractivity (Wildman–Crippen MR) is 65.1 cm³/mol. The summed E-state index contributed by atoms with van der Waals surface area (Å²) >= 11 is 0. The lowest BCUT2D eigenvalue weighted by atomic mass is 10.0. The molecule has 98 valence electrons. The molecule has 0 saturated carbocycles. The molecule has 1 heterocycles. The number of aromatic nitrogens is 1. The predicted octanol–water partition coefficient (Wildman–Crippen LogP) is 2.96. The molecular formula is C14H11F2NO2. The molecule has 0 fully saturated rings. The van der Waals surface area contributed by atoms with Gasteiger partial charge in [0.05, 0.1) is 5.56 Å². The molecule has 5 heteroatoms. The summed E-state index contributed by atoms with van der Waals surface area (Å²) in [6.07, 6.45) is 1.39. The molecule has 1 N–H and O–H groups in total. The van der Waals surface area contributed by atoms with E-state index in [1.54, 1.807) is 13.0 Å². The molecule has 0 aliphatic rings. The molecule has 0 unspecified atom stereocenters. The lowest BCUT2D eigenvalue weighted by Crippen LogP contribution is -2.05. The number of benzene rings is 1. The molecule has 0 bridgehead atoms. The van der Waals surface area contributed by atoms with Crippen LogP contribution in [0.3, 0.4) is 0 Å². The highest BCUT2D eigenvalue weighted by molar-refractivity contribution is 5.89. The highest BCUT2D eigenvalue weighted by Gasteiger charge is 2.12. The summed E-state index contributed by atoms with van der Waals surface area (Å²) in [6.45, 7) is 1.72. The zero-order valence-electron chi connectivity index (χ0n) is 10.2. The number of aromatic carboxylic acids is 1. The number of hydrogen-bond acceptors (Lipinski definition) is 2. The van der Waals surface area contributed by atoms with Crippen molar-refractivity contribution in [2.24, 2.45) is 0 Å². The number of halogens is 2. The number of carboxylic acids is 1. The fourth-order valence-electron chi connectivity index (χ4n) is 1.89. The zero-order valence-corrected chi connectivity index (χ0v) is 10.2. The molecule has 0 spiro atoms. The Morgan fingerprint density at radius 1 is 1.21 bits per heavy atom. The molecule has 19 heavy (non-hydrogen) atoms. The lowest BCUT2D eigenvalue weighted by molar-refractivity contribution is 0.0695. The van der Waals surface area contributed by atoms with Gasteiger partial charge in [-0.05, 0) is 42.7 Å². The molecule has 0 aliphatic carbocycles. The smallest absolute Gasteiger partial charge is 0.337 e. The van der Waals surface area contributed by atoms with E-state index in [0.717, 1.165) is 6.07 Å². The molecule has 1 aromatic carbocycles. The number of rotatable bonds is 3. The van der Waals surface area contributed by atoms with E-state index in [1.165, 1.54) is 18.3 Å². The van der Waals surface area contributed by atoms with Crippen LogP contribution in [-0.4, -0.2) is 16.1 Å². The van der Waals surface area contributed by atoms with E-state index < -0.39 is 17.6 Å². The summed E-state index contributed by atoms with van der Waals surface area (Å²) in [7, 11) is 0. The molecule has 1 aromatic heterocycles. The van der Waals surface area contributed by atoms with Crippen LogP contribution in [0.5, 0.6) is 0 Å². The van der Waals surface area contributed by atoms with Gasteiger partial charge in [0.2, 0.25) is 0 Å². The molecule has 2 aromatic rings. The lowest BCUT2D eigenvalue weighted by Gasteiger charge is -2.07. The van der Waals surface area contributed by atoms with Crippen molar-refractivity contribution in [3.05, 3.63) is 64.5 Å². The topological polar surface area (TPSA) is 50.2 Å². The average Bonchev–Trinajstić information content (AvgIpc) is 2.26. The van der Waals surface area contributed by atoms with Crippen molar-refractivity contribution >= 4 is 5.97 Å². The van der Waals surface area contributed by atoms with Crippen LogP contribution in [0.1, 0.15) is 27.2 Å². The summed E-state index contributed by atoms with van der Waals surface area (Å²) < 4.78 is 26.2. The van der Waals surface area contributed by atoms with Crippen LogP contribution in [0.15, 0.2) is 30.5 Å². The highest BCUT2D eigenvalue weighted by Crippen LogP contribution is 2.17. The van der Waals surface area contributed by atoms with Gasteiger partial charge in [0.1, 0.15) is 11.6 Å². The van der Waals surface area contributed by atoms with Gasteiger partial charge in [-0.3, -0.25) is 4.98 Å². The van der Waals surface area contributed by atoms with Gasteiger partial charge in [0.25, 0.3) is 0 Å². The molecule has 2 rings (SSSR count). The Morgan fingerprint density at radius 3 is 2.42 bits per heavy atom. The second-order valence-corrected chi connectivity index (χ2v) is 4.24. The van der Waals surface area contributed by atoms with Crippen LogP contribution < -0.4 is 0 Å². The van der Waals surface area contributed by atoms with Crippen molar-refractivity contribution in [3.8, 4) is 0 Å². The van der Waals surface area contributed by atoms with Gasteiger partial charge < -0.3 is 5.11 Å². The largest absolute Gasteiger partial charge is 0.478 e. The van der Waals surface area contributed by atoms with Gasteiger partial charge in [-0.25, -0.2) is 13.6 Å². The Bertz CT molecular complexity index is 621. The van der Waals surface area contributed by atoms with Crippen LogP contribution >= 0.6 is 0 Å². The van der Waals surface area contributed by atoms with Crippen LogP contribution in [0.25, 0.3) is 0 Å². The Kier molecular flexibility index (Phi) is 3.55. The first kappa shape index (κ1) is 13.1. The Labute approximate surface area is 108 Å². The minimum absolute atomic E-state index is 0.0373. The van der Waals surface area contributed by atoms with Gasteiger partial charge in [-0.2, -0.15) is 0 Å². The fourth-order valence-corrected chi connectivity index (χ4v) is 1.89. The zero-order chi connectivity index (χ0) is 14.0. The summed E-state index contributed by atoms with van der Waals surface area (Å²) in [5, 5.41) is 9.06. The summed E-state index contributed by atoms with van der Waals surface area (Å²) in [5.74, 6) is -2.48. The first-order valence-electron chi connectivity index (χ1n) is 5.59. The number of pyridine rings is 1. The third kappa shape index (κ3) is 3.13. The maximum Gasteiger partial charge on any atom is 0.337 e. The molecule has 0 atom stereocenters. The van der Waals surface area contributed by atoms with Gasteiger partial charge in [0, 0.05) is 18.0 Å². The van der Waals surface area contributed by atoms with E-state index >= 15 is 0 Å². The Balaban J connectivity index is 2.42. The minimum Gasteiger partial charge on any atom is -0.478 e. The first-order chi connectivity index (χ1) is 8.95. The maximum absolute atomic E-state index is 13.1. The van der Waals surface area contributed by atoms with Crippen LogP contribution in [0.4, 0.5) is 8.78 Å². The standard InChI is InChI=1S/C14H11F2NO2/c1-8-2-10(13(7-17-8)14(18)19)3-9-4-11(15)6-12(16)5-9/h2,4-7H,3H2,1H3,(H,18,19). The second kappa shape index (κ2) is 5.14. The molecule has 0 aliphatic heterocycles. The van der Waals surface area contributed by atoms with E-state index in [-0.39, 0.29) is 12.0 Å². The number of nitrogens with zero attached hydrogens (tertiary/aromatic N) is 1. The van der Waals surface area contributed by atoms with E-state index in [4.69, 9.17) is 5.11 Å². The van der Waals surface area contributed by atoms with Crippen molar-refractivity contribution in [2.75, 3.05) is 0 Å². The quantitative estimate of drug-likeness (QED) is 0.926. The third-order valence-corrected chi connectivity index (χ3v) is 2.67. The molecule has 0 saturated heterocycles. The van der Waals surface area contributed by atoms with E-state index in [1.807, 2.05) is 0 Å². The van der Waals surface area contributed by atoms with E-state index in [9.17, 15) is 13.6 Å². The van der Waals surface area contributed by atoms with Crippen molar-refractivity contribution in [1.29, 1.82) is 0 Å². The summed E-state index contributed by atoms with van der Waals surface area (Å²) in [6, 6.07) is 4.75. The van der Waals surface area contributed by atoms with Crippen LogP contribution in [0.2, 0.25) is 0 Å². The highest BCUT2D eigenvalue weighted by atomic mass is 19.1. The van der Waals surface area contributed by atoms with E-state index in [2.05, 4.69) is 4.98 Å². The minimum atomic E-state index is -1.11. The molecule has 0 radical (unpaired) electrons. The van der Waals surface area contributed by atoms with Crippen molar-refractivity contribution in [3.63, 3.8) is 0 Å². The number of aryl methyl sites for hydroxylation is 1. The molecule has 0 amide bonds. The first-order valence-corrected chi connectivity index (χ1v) is 5.59. The third-order valence-electron chi connectivity index (χ3n) is 2.67. The summed E-state index contributed by atoms with van der Waals surface area (Å²) in [4.78, 5) is 15.0. The number of carboxylic acid groups (broad SMARTS) is 1. The molecular weight excluding hydrogens is 252 g/mol. The van der Waals surface area contributed by atoms with Crippen molar-refractivity contribution < 1.29 is 18.7 Å². The van der Waals surface area contributed by atoms with Gasteiger partial charge >= 0.3 is 5.97 Å². The van der Waals surface area contributed by atoms with Crippen LogP contribution in [-0.2, 0) is 6.42 Å². The van der Waals surface area contributed by atoms with Gasteiger partial charge in [-0.1, -0.05) is 0 Å². The monoisotopic (exact) mass is 263 g/mol. The second-order valence-electron chi connectivity index (χ2n) is 4.24. The van der Waals surface area contributed by atoms with Crippen molar-refractivity contribution in [1.82, 2.24) is 4.98 Å².